The average molecular weight is 409 g/mol. The van der Waals surface area contributed by atoms with Gasteiger partial charge in [-0.25, -0.2) is 8.42 Å². The summed E-state index contributed by atoms with van der Waals surface area (Å²) in [6, 6.07) is 11.4. The van der Waals surface area contributed by atoms with Gasteiger partial charge < -0.3 is 4.74 Å². The minimum Gasteiger partial charge on any atom is -0.497 e. The lowest BCUT2D eigenvalue weighted by Crippen LogP contribution is -2.48. The quantitative estimate of drug-likeness (QED) is 0.760. The lowest BCUT2D eigenvalue weighted by molar-refractivity contribution is 0.181. The molecule has 0 aromatic heterocycles. The Kier molecular flexibility index (Phi) is 6.11. The van der Waals surface area contributed by atoms with Gasteiger partial charge in [0, 0.05) is 37.7 Å². The number of benzene rings is 2. The normalized spacial score (nSPS) is 16.4. The molecule has 27 heavy (non-hydrogen) atoms. The molecule has 0 amide bonds. The molecular weight excluding hydrogens is 384 g/mol. The van der Waals surface area contributed by atoms with Crippen LogP contribution in [-0.2, 0) is 16.6 Å². The number of hydrogen-bond donors (Lipinski definition) is 0. The molecule has 0 unspecified atom stereocenters. The van der Waals surface area contributed by atoms with Gasteiger partial charge >= 0.3 is 0 Å². The van der Waals surface area contributed by atoms with Crippen LogP contribution in [0, 0.1) is 13.8 Å². The van der Waals surface area contributed by atoms with Gasteiger partial charge in [0.15, 0.2) is 0 Å². The molecule has 0 spiro atoms. The number of halogens is 1. The van der Waals surface area contributed by atoms with E-state index in [1.54, 1.807) is 30.5 Å². The van der Waals surface area contributed by atoms with E-state index in [9.17, 15) is 8.42 Å². The molecule has 0 aliphatic carbocycles. The first-order valence-corrected chi connectivity index (χ1v) is 10.8. The fourth-order valence-electron chi connectivity index (χ4n) is 3.29. The van der Waals surface area contributed by atoms with Gasteiger partial charge in [0.2, 0.25) is 10.0 Å². The van der Waals surface area contributed by atoms with Gasteiger partial charge in [-0.05, 0) is 54.8 Å². The van der Waals surface area contributed by atoms with E-state index in [0.717, 1.165) is 17.9 Å². The van der Waals surface area contributed by atoms with Gasteiger partial charge in [0.1, 0.15) is 5.75 Å². The Balaban J connectivity index is 1.66. The van der Waals surface area contributed by atoms with Crippen molar-refractivity contribution in [2.45, 2.75) is 25.3 Å². The number of rotatable bonds is 5. The van der Waals surface area contributed by atoms with Crippen LogP contribution >= 0.6 is 11.6 Å². The highest BCUT2D eigenvalue weighted by Gasteiger charge is 2.30. The Bertz CT molecular complexity index is 906. The third kappa shape index (κ3) is 4.46. The van der Waals surface area contributed by atoms with Crippen molar-refractivity contribution in [3.05, 3.63) is 58.1 Å². The van der Waals surface area contributed by atoms with Gasteiger partial charge in [-0.3, -0.25) is 4.90 Å². The van der Waals surface area contributed by atoms with Gasteiger partial charge in [-0.15, -0.1) is 0 Å². The molecule has 0 saturated carbocycles. The maximum absolute atomic E-state index is 13.1. The van der Waals surface area contributed by atoms with E-state index in [2.05, 4.69) is 4.90 Å². The third-order valence-corrected chi connectivity index (χ3v) is 7.42. The highest BCUT2D eigenvalue weighted by molar-refractivity contribution is 7.89. The Morgan fingerprint density at radius 2 is 1.63 bits per heavy atom. The van der Waals surface area contributed by atoms with Crippen molar-refractivity contribution in [2.75, 3.05) is 33.3 Å². The van der Waals surface area contributed by atoms with Gasteiger partial charge in [0.25, 0.3) is 0 Å². The van der Waals surface area contributed by atoms with Crippen molar-refractivity contribution in [1.82, 2.24) is 9.21 Å². The molecule has 2 aromatic rings. The molecule has 1 saturated heterocycles. The molecule has 7 heteroatoms. The van der Waals surface area contributed by atoms with Crippen molar-refractivity contribution in [1.29, 1.82) is 0 Å². The van der Waals surface area contributed by atoms with Crippen LogP contribution in [0.4, 0.5) is 0 Å². The highest BCUT2D eigenvalue weighted by Crippen LogP contribution is 2.27. The Morgan fingerprint density at radius 1 is 1.00 bits per heavy atom. The zero-order chi connectivity index (χ0) is 19.6. The third-order valence-electron chi connectivity index (χ3n) is 4.97. The van der Waals surface area contributed by atoms with Crippen molar-refractivity contribution in [3.63, 3.8) is 0 Å². The summed E-state index contributed by atoms with van der Waals surface area (Å²) in [6.45, 7) is 6.80. The second-order valence-electron chi connectivity index (χ2n) is 6.90. The second-order valence-corrected chi connectivity index (χ2v) is 9.21. The van der Waals surface area contributed by atoms with Crippen LogP contribution in [0.2, 0.25) is 5.02 Å². The second kappa shape index (κ2) is 8.19. The van der Waals surface area contributed by atoms with Crippen molar-refractivity contribution >= 4 is 21.6 Å². The summed E-state index contributed by atoms with van der Waals surface area (Å²) in [7, 11) is -1.85. The van der Waals surface area contributed by atoms with Crippen molar-refractivity contribution in [3.8, 4) is 5.75 Å². The fourth-order valence-corrected chi connectivity index (χ4v) is 5.22. The number of methoxy groups -OCH3 is 1. The molecule has 146 valence electrons. The van der Waals surface area contributed by atoms with E-state index in [1.807, 2.05) is 31.2 Å². The van der Waals surface area contributed by atoms with Crippen LogP contribution in [-0.4, -0.2) is 50.9 Å². The van der Waals surface area contributed by atoms with Gasteiger partial charge in [-0.2, -0.15) is 4.31 Å². The Hall–Kier alpha value is -1.60. The summed E-state index contributed by atoms with van der Waals surface area (Å²) in [5.41, 5.74) is 2.65. The van der Waals surface area contributed by atoms with E-state index >= 15 is 0 Å². The summed E-state index contributed by atoms with van der Waals surface area (Å²) in [4.78, 5) is 2.63. The zero-order valence-corrected chi connectivity index (χ0v) is 17.5. The van der Waals surface area contributed by atoms with Crippen molar-refractivity contribution < 1.29 is 13.2 Å². The standard InChI is InChI=1S/C20H25ClN2O3S/c1-15-13-20(16(2)12-19(15)21)27(24,25)23-10-8-22(9-11-23)14-17-4-6-18(26-3)7-5-17/h4-7,12-13H,8-11,14H2,1-3H3. The molecule has 0 N–H and O–H groups in total. The number of hydrogen-bond acceptors (Lipinski definition) is 4. The Labute approximate surface area is 166 Å². The van der Waals surface area contributed by atoms with E-state index in [1.165, 1.54) is 5.56 Å². The van der Waals surface area contributed by atoms with Gasteiger partial charge in [-0.1, -0.05) is 23.7 Å². The zero-order valence-electron chi connectivity index (χ0n) is 15.9. The topological polar surface area (TPSA) is 49.9 Å². The molecule has 0 atom stereocenters. The number of aryl methyl sites for hydroxylation is 2. The summed E-state index contributed by atoms with van der Waals surface area (Å²) in [6.07, 6.45) is 0. The SMILES string of the molecule is COc1ccc(CN2CCN(S(=O)(=O)c3cc(C)c(Cl)cc3C)CC2)cc1. The summed E-state index contributed by atoms with van der Waals surface area (Å²) in [5, 5.41) is 0.593. The highest BCUT2D eigenvalue weighted by atomic mass is 35.5. The van der Waals surface area contributed by atoms with Crippen LogP contribution in [0.15, 0.2) is 41.3 Å². The minimum atomic E-state index is -3.51. The molecule has 1 fully saturated rings. The molecule has 0 bridgehead atoms. The van der Waals surface area contributed by atoms with E-state index in [0.29, 0.717) is 41.7 Å². The van der Waals surface area contributed by atoms with Crippen LogP contribution in [0.3, 0.4) is 0 Å². The minimum absolute atomic E-state index is 0.355. The van der Waals surface area contributed by atoms with Crippen molar-refractivity contribution in [2.24, 2.45) is 0 Å². The molecule has 1 aliphatic heterocycles. The number of sulfonamides is 1. The smallest absolute Gasteiger partial charge is 0.243 e. The Morgan fingerprint density at radius 3 is 2.22 bits per heavy atom. The number of ether oxygens (including phenoxy) is 1. The van der Waals surface area contributed by atoms with E-state index in [-0.39, 0.29) is 0 Å². The van der Waals surface area contributed by atoms with Gasteiger partial charge in [0.05, 0.1) is 12.0 Å². The fraction of sp³-hybridized carbons (Fsp3) is 0.400. The molecule has 3 rings (SSSR count). The van der Waals surface area contributed by atoms with Crippen LogP contribution in [0.25, 0.3) is 0 Å². The first-order chi connectivity index (χ1) is 12.8. The molecule has 1 heterocycles. The molecule has 0 radical (unpaired) electrons. The first-order valence-electron chi connectivity index (χ1n) is 8.93. The predicted molar refractivity (Wildman–Crippen MR) is 108 cm³/mol. The van der Waals surface area contributed by atoms with Crippen LogP contribution < -0.4 is 4.74 Å². The molecule has 5 nitrogen and oxygen atoms in total. The predicted octanol–water partition coefficient (Wildman–Crippen LogP) is 3.47. The lowest BCUT2D eigenvalue weighted by atomic mass is 10.2. The summed E-state index contributed by atoms with van der Waals surface area (Å²) >= 11 is 6.11. The first kappa shape index (κ1) is 20.1. The summed E-state index contributed by atoms with van der Waals surface area (Å²) < 4.78 is 32.9. The number of piperazine rings is 1. The lowest BCUT2D eigenvalue weighted by Gasteiger charge is -2.34. The van der Waals surface area contributed by atoms with Crippen LogP contribution in [0.1, 0.15) is 16.7 Å². The average Bonchev–Trinajstić information content (AvgIpc) is 2.65. The number of nitrogens with zero attached hydrogens (tertiary/aromatic N) is 2. The maximum atomic E-state index is 13.1. The molecular formula is C20H25ClN2O3S. The van der Waals surface area contributed by atoms with E-state index in [4.69, 9.17) is 16.3 Å². The summed E-state index contributed by atoms with van der Waals surface area (Å²) in [5.74, 6) is 0.836. The largest absolute Gasteiger partial charge is 0.497 e. The maximum Gasteiger partial charge on any atom is 0.243 e. The van der Waals surface area contributed by atoms with E-state index < -0.39 is 10.0 Å². The monoisotopic (exact) mass is 408 g/mol. The van der Waals surface area contributed by atoms with Crippen LogP contribution in [0.5, 0.6) is 5.75 Å². The molecule has 1 aliphatic rings. The molecule has 2 aromatic carbocycles.